The first-order valence-corrected chi connectivity index (χ1v) is 7.76. The predicted octanol–water partition coefficient (Wildman–Crippen LogP) is 2.43. The van der Waals surface area contributed by atoms with E-state index >= 15 is 0 Å². The molecule has 0 fully saturated rings. The monoisotopic (exact) mass is 319 g/mol. The topological polar surface area (TPSA) is 92.2 Å². The van der Waals surface area contributed by atoms with Gasteiger partial charge in [0.15, 0.2) is 0 Å². The van der Waals surface area contributed by atoms with Crippen molar-refractivity contribution in [3.8, 4) is 10.7 Å². The van der Waals surface area contributed by atoms with Crippen LogP contribution in [0.3, 0.4) is 0 Å². The van der Waals surface area contributed by atoms with Crippen LogP contribution in [-0.4, -0.2) is 33.0 Å². The number of nitrogens with zero attached hydrogens (tertiary/aromatic N) is 2. The number of carbonyl (C=O) groups is 2. The zero-order valence-electron chi connectivity index (χ0n) is 12.3. The SMILES string of the molecule is CC(C)C[C@@H](NC(=O)c1csc(-c2ccccn2)n1)C(=O)O. The first-order chi connectivity index (χ1) is 10.5. The summed E-state index contributed by atoms with van der Waals surface area (Å²) in [5.74, 6) is -1.35. The number of pyridine rings is 1. The molecule has 2 aromatic rings. The number of hydrogen-bond donors (Lipinski definition) is 2. The number of nitrogens with one attached hydrogen (secondary N) is 1. The van der Waals surface area contributed by atoms with Crippen LogP contribution in [-0.2, 0) is 4.79 Å². The molecule has 2 N–H and O–H groups in total. The van der Waals surface area contributed by atoms with E-state index in [1.54, 1.807) is 23.7 Å². The number of rotatable bonds is 6. The molecule has 2 heterocycles. The van der Waals surface area contributed by atoms with Crippen LogP contribution < -0.4 is 5.32 Å². The van der Waals surface area contributed by atoms with Gasteiger partial charge in [-0.25, -0.2) is 9.78 Å². The lowest BCUT2D eigenvalue weighted by molar-refractivity contribution is -0.139. The van der Waals surface area contributed by atoms with E-state index in [9.17, 15) is 9.59 Å². The summed E-state index contributed by atoms with van der Waals surface area (Å²) in [6.07, 6.45) is 2.03. The van der Waals surface area contributed by atoms with Gasteiger partial charge < -0.3 is 10.4 Å². The van der Waals surface area contributed by atoms with Gasteiger partial charge in [0, 0.05) is 11.6 Å². The largest absolute Gasteiger partial charge is 0.480 e. The average Bonchev–Trinajstić information content (AvgIpc) is 2.96. The molecule has 6 nitrogen and oxygen atoms in total. The van der Waals surface area contributed by atoms with Crippen molar-refractivity contribution in [2.24, 2.45) is 5.92 Å². The molecule has 0 radical (unpaired) electrons. The zero-order valence-corrected chi connectivity index (χ0v) is 13.1. The number of carboxylic acids is 1. The second kappa shape index (κ2) is 7.13. The number of aliphatic carboxylic acids is 1. The maximum absolute atomic E-state index is 12.1. The maximum Gasteiger partial charge on any atom is 0.326 e. The van der Waals surface area contributed by atoms with E-state index in [2.05, 4.69) is 15.3 Å². The van der Waals surface area contributed by atoms with Gasteiger partial charge in [-0.2, -0.15) is 0 Å². The van der Waals surface area contributed by atoms with Crippen molar-refractivity contribution in [3.05, 3.63) is 35.5 Å². The highest BCUT2D eigenvalue weighted by Crippen LogP contribution is 2.21. The van der Waals surface area contributed by atoms with Crippen LogP contribution in [0.15, 0.2) is 29.8 Å². The van der Waals surface area contributed by atoms with Crippen molar-refractivity contribution in [2.45, 2.75) is 26.3 Å². The number of carbonyl (C=O) groups excluding carboxylic acids is 1. The first kappa shape index (κ1) is 16.1. The van der Waals surface area contributed by atoms with Crippen LogP contribution in [0.1, 0.15) is 30.8 Å². The van der Waals surface area contributed by atoms with E-state index < -0.39 is 17.9 Å². The minimum atomic E-state index is -1.04. The highest BCUT2D eigenvalue weighted by Gasteiger charge is 2.23. The molecular weight excluding hydrogens is 302 g/mol. The van der Waals surface area contributed by atoms with Crippen LogP contribution in [0.25, 0.3) is 10.7 Å². The van der Waals surface area contributed by atoms with Crippen molar-refractivity contribution in [3.63, 3.8) is 0 Å². The minimum absolute atomic E-state index is 0.168. The molecule has 1 atom stereocenters. The third-order valence-corrected chi connectivity index (χ3v) is 3.80. The van der Waals surface area contributed by atoms with Gasteiger partial charge in [-0.05, 0) is 24.5 Å². The van der Waals surface area contributed by atoms with Crippen LogP contribution in [0.2, 0.25) is 0 Å². The summed E-state index contributed by atoms with van der Waals surface area (Å²) in [5.41, 5.74) is 0.893. The first-order valence-electron chi connectivity index (χ1n) is 6.88. The van der Waals surface area contributed by atoms with Gasteiger partial charge >= 0.3 is 5.97 Å². The third kappa shape index (κ3) is 4.11. The Labute approximate surface area is 132 Å². The fourth-order valence-electron chi connectivity index (χ4n) is 1.91. The van der Waals surface area contributed by atoms with Gasteiger partial charge in [0.05, 0.1) is 5.69 Å². The normalized spacial score (nSPS) is 12.1. The summed E-state index contributed by atoms with van der Waals surface area (Å²) in [7, 11) is 0. The molecule has 1 amide bonds. The second-order valence-electron chi connectivity index (χ2n) is 5.25. The van der Waals surface area contributed by atoms with Crippen molar-refractivity contribution >= 4 is 23.2 Å². The van der Waals surface area contributed by atoms with Gasteiger partial charge in [-0.1, -0.05) is 19.9 Å². The van der Waals surface area contributed by atoms with Gasteiger partial charge in [0.2, 0.25) is 0 Å². The van der Waals surface area contributed by atoms with Gasteiger partial charge in [0.25, 0.3) is 5.91 Å². The van der Waals surface area contributed by atoms with Crippen molar-refractivity contribution in [1.82, 2.24) is 15.3 Å². The van der Waals surface area contributed by atoms with E-state index in [1.807, 2.05) is 19.9 Å². The Bertz CT molecular complexity index is 655. The number of thiazole rings is 1. The molecule has 0 saturated carbocycles. The highest BCUT2D eigenvalue weighted by molar-refractivity contribution is 7.13. The smallest absolute Gasteiger partial charge is 0.326 e. The van der Waals surface area contributed by atoms with Crippen LogP contribution in [0.4, 0.5) is 0 Å². The number of aromatic nitrogens is 2. The lowest BCUT2D eigenvalue weighted by Gasteiger charge is -2.15. The molecule has 0 aliphatic heterocycles. The molecule has 0 saturated heterocycles. The fraction of sp³-hybridized carbons (Fsp3) is 0.333. The van der Waals surface area contributed by atoms with Crippen molar-refractivity contribution < 1.29 is 14.7 Å². The standard InChI is InChI=1S/C15H17N3O3S/c1-9(2)7-11(15(20)21)17-13(19)12-8-22-14(18-12)10-5-3-4-6-16-10/h3-6,8-9,11H,7H2,1-2H3,(H,17,19)(H,20,21)/t11-/m1/s1. The van der Waals surface area contributed by atoms with Gasteiger partial charge in [-0.15, -0.1) is 11.3 Å². The second-order valence-corrected chi connectivity index (χ2v) is 6.10. The van der Waals surface area contributed by atoms with E-state index in [4.69, 9.17) is 5.11 Å². The Morgan fingerprint density at radius 3 is 2.73 bits per heavy atom. The molecule has 2 aromatic heterocycles. The molecule has 0 aliphatic rings. The highest BCUT2D eigenvalue weighted by atomic mass is 32.1. The molecular formula is C15H17N3O3S. The maximum atomic E-state index is 12.1. The molecule has 7 heteroatoms. The summed E-state index contributed by atoms with van der Waals surface area (Å²) in [4.78, 5) is 31.7. The molecule has 0 bridgehead atoms. The predicted molar refractivity (Wildman–Crippen MR) is 83.7 cm³/mol. The lowest BCUT2D eigenvalue weighted by Crippen LogP contribution is -2.41. The molecule has 0 aliphatic carbocycles. The Hall–Kier alpha value is -2.28. The molecule has 0 unspecified atom stereocenters. The Balaban J connectivity index is 2.10. The Morgan fingerprint density at radius 1 is 1.36 bits per heavy atom. The summed E-state index contributed by atoms with van der Waals surface area (Å²) in [6, 6.07) is 4.53. The number of hydrogen-bond acceptors (Lipinski definition) is 5. The van der Waals surface area contributed by atoms with Gasteiger partial charge in [0.1, 0.15) is 16.7 Å². The number of carboxylic acid groups (broad SMARTS) is 1. The molecule has 2 rings (SSSR count). The summed E-state index contributed by atoms with van der Waals surface area (Å²) >= 11 is 1.30. The van der Waals surface area contributed by atoms with E-state index in [1.165, 1.54) is 11.3 Å². The van der Waals surface area contributed by atoms with Crippen molar-refractivity contribution in [2.75, 3.05) is 0 Å². The molecule has 0 aromatic carbocycles. The van der Waals surface area contributed by atoms with Crippen LogP contribution >= 0.6 is 11.3 Å². The Morgan fingerprint density at radius 2 is 2.14 bits per heavy atom. The minimum Gasteiger partial charge on any atom is -0.480 e. The fourth-order valence-corrected chi connectivity index (χ4v) is 2.69. The lowest BCUT2D eigenvalue weighted by atomic mass is 10.0. The van der Waals surface area contributed by atoms with E-state index in [-0.39, 0.29) is 11.6 Å². The molecule has 22 heavy (non-hydrogen) atoms. The molecule has 116 valence electrons. The Kier molecular flexibility index (Phi) is 5.21. The third-order valence-electron chi connectivity index (χ3n) is 2.93. The van der Waals surface area contributed by atoms with Crippen LogP contribution in [0, 0.1) is 5.92 Å². The van der Waals surface area contributed by atoms with Crippen molar-refractivity contribution in [1.29, 1.82) is 0 Å². The summed E-state index contributed by atoms with van der Waals surface area (Å²) in [6.45, 7) is 3.81. The van der Waals surface area contributed by atoms with E-state index in [0.717, 1.165) is 0 Å². The van der Waals surface area contributed by atoms with Gasteiger partial charge in [-0.3, -0.25) is 9.78 Å². The summed E-state index contributed by atoms with van der Waals surface area (Å²) < 4.78 is 0. The molecule has 0 spiro atoms. The summed E-state index contributed by atoms with van der Waals surface area (Å²) in [5, 5.41) is 13.9. The van der Waals surface area contributed by atoms with E-state index in [0.29, 0.717) is 17.1 Å². The zero-order chi connectivity index (χ0) is 16.1. The van der Waals surface area contributed by atoms with Crippen LogP contribution in [0.5, 0.6) is 0 Å². The number of amides is 1. The average molecular weight is 319 g/mol. The quantitative estimate of drug-likeness (QED) is 0.853.